The number of hydrogen-bond donors (Lipinski definition) is 2. The van der Waals surface area contributed by atoms with Crippen LogP contribution in [0.1, 0.15) is 130 Å². The molecule has 0 atom stereocenters. The van der Waals surface area contributed by atoms with Crippen LogP contribution in [0.3, 0.4) is 0 Å². The number of benzene rings is 1. The smallest absolute Gasteiger partial charge is 0.323 e. The molecule has 0 radical (unpaired) electrons. The molecule has 2 aliphatic heterocycles. The summed E-state index contributed by atoms with van der Waals surface area (Å²) in [5, 5.41) is 20.2. The number of allylic oxidation sites excluding steroid dienone is 8. The number of hydrogen-bond acceptors (Lipinski definition) is 8. The van der Waals surface area contributed by atoms with Crippen LogP contribution in [0.5, 0.6) is 0 Å². The Morgan fingerprint density at radius 2 is 0.778 bits per heavy atom. The van der Waals surface area contributed by atoms with Crippen molar-refractivity contribution < 1.29 is 39.0 Å². The molecule has 10 nitrogen and oxygen atoms in total. The Morgan fingerprint density at radius 1 is 0.519 bits per heavy atom. The second-order valence-corrected chi connectivity index (χ2v) is 19.7. The average molecular weight is 737 g/mol. The van der Waals surface area contributed by atoms with E-state index in [9.17, 15) is 39.0 Å². The van der Waals surface area contributed by atoms with E-state index in [-0.39, 0.29) is 61.9 Å². The third-order valence-electron chi connectivity index (χ3n) is 12.2. The summed E-state index contributed by atoms with van der Waals surface area (Å²) in [6, 6.07) is 7.55. The minimum absolute atomic E-state index is 0.123. The van der Waals surface area contributed by atoms with E-state index in [0.29, 0.717) is 81.9 Å². The maximum atomic E-state index is 14.3. The lowest BCUT2D eigenvalue weighted by atomic mass is 9.62. The highest BCUT2D eigenvalue weighted by molar-refractivity contribution is 6.08. The van der Waals surface area contributed by atoms with Crippen LogP contribution in [-0.4, -0.2) is 68.2 Å². The van der Waals surface area contributed by atoms with Crippen LogP contribution in [0.25, 0.3) is 0 Å². The number of carboxylic acid groups (broad SMARTS) is 2. The molecule has 0 saturated heterocycles. The molecule has 0 saturated carbocycles. The fourth-order valence-electron chi connectivity index (χ4n) is 10.3. The number of nitrogens with zero attached hydrogens (tertiary/aromatic N) is 2. The Balaban J connectivity index is 1.48. The van der Waals surface area contributed by atoms with Crippen molar-refractivity contribution in [3.8, 4) is 0 Å². The van der Waals surface area contributed by atoms with E-state index in [1.807, 2.05) is 79.7 Å². The lowest BCUT2D eigenvalue weighted by molar-refractivity contribution is -0.138. The summed E-state index contributed by atoms with van der Waals surface area (Å²) in [5.41, 5.74) is 4.00. The standard InChI is InChI=1S/C44H52N2O8/c1-41(2)13-25-37(29(47)17-41)35(38-26(45(25)21-33(51)52)14-42(3,4)18-30(38)48)23-10-9-11-24(12-23)36-39-27(15-43(5,6)19-31(39)49)46(22-34(53)54)28-16-44(7,8)20-32(50)40(28)36/h9-12,35-36H,13-22H2,1-8H3,(H,51,52)(H,53,54). The molecule has 6 aliphatic rings. The molecule has 0 bridgehead atoms. The van der Waals surface area contributed by atoms with Crippen LogP contribution in [0.15, 0.2) is 69.3 Å². The monoisotopic (exact) mass is 736 g/mol. The van der Waals surface area contributed by atoms with Crippen molar-refractivity contribution in [3.05, 3.63) is 80.5 Å². The zero-order valence-electron chi connectivity index (χ0n) is 32.8. The van der Waals surface area contributed by atoms with Gasteiger partial charge < -0.3 is 20.0 Å². The first-order valence-electron chi connectivity index (χ1n) is 19.1. The maximum absolute atomic E-state index is 14.3. The van der Waals surface area contributed by atoms with Gasteiger partial charge in [-0.2, -0.15) is 0 Å². The van der Waals surface area contributed by atoms with E-state index in [1.54, 1.807) is 9.80 Å². The quantitative estimate of drug-likeness (QED) is 0.306. The van der Waals surface area contributed by atoms with Gasteiger partial charge in [0.05, 0.1) is 0 Å². The molecular weight excluding hydrogens is 684 g/mol. The predicted octanol–water partition coefficient (Wildman–Crippen LogP) is 7.23. The summed E-state index contributed by atoms with van der Waals surface area (Å²) < 4.78 is 0. The second-order valence-electron chi connectivity index (χ2n) is 19.7. The molecule has 0 unspecified atom stereocenters. The number of ketones is 4. The minimum atomic E-state index is -1.05. The fraction of sp³-hybridized carbons (Fsp3) is 0.545. The van der Waals surface area contributed by atoms with Gasteiger partial charge in [-0.1, -0.05) is 79.7 Å². The van der Waals surface area contributed by atoms with Gasteiger partial charge in [-0.15, -0.1) is 0 Å². The first kappa shape index (κ1) is 37.7. The van der Waals surface area contributed by atoms with Gasteiger partial charge in [0, 0.05) is 82.6 Å². The fourth-order valence-corrected chi connectivity index (χ4v) is 10.3. The van der Waals surface area contributed by atoms with Crippen molar-refractivity contribution >= 4 is 35.1 Å². The highest BCUT2D eigenvalue weighted by Crippen LogP contribution is 2.57. The van der Waals surface area contributed by atoms with Gasteiger partial charge in [0.2, 0.25) is 0 Å². The molecule has 1 aromatic carbocycles. The highest BCUT2D eigenvalue weighted by Gasteiger charge is 2.52. The highest BCUT2D eigenvalue weighted by atomic mass is 16.4. The van der Waals surface area contributed by atoms with Crippen LogP contribution < -0.4 is 0 Å². The van der Waals surface area contributed by atoms with E-state index < -0.39 is 45.4 Å². The molecule has 0 aromatic heterocycles. The van der Waals surface area contributed by atoms with Crippen LogP contribution >= 0.6 is 0 Å². The van der Waals surface area contributed by atoms with Gasteiger partial charge >= 0.3 is 11.9 Å². The first-order valence-corrected chi connectivity index (χ1v) is 19.1. The van der Waals surface area contributed by atoms with E-state index >= 15 is 0 Å². The van der Waals surface area contributed by atoms with Crippen LogP contribution in [-0.2, 0) is 28.8 Å². The van der Waals surface area contributed by atoms with Crippen molar-refractivity contribution in [3.63, 3.8) is 0 Å². The first-order chi connectivity index (χ1) is 25.0. The summed E-state index contributed by atoms with van der Waals surface area (Å²) in [4.78, 5) is 85.5. The van der Waals surface area contributed by atoms with Gasteiger partial charge in [-0.05, 0) is 58.5 Å². The zero-order chi connectivity index (χ0) is 39.4. The maximum Gasteiger partial charge on any atom is 0.323 e. The third kappa shape index (κ3) is 6.49. The number of aliphatic carboxylic acids is 2. The summed E-state index contributed by atoms with van der Waals surface area (Å²) in [7, 11) is 0. The summed E-state index contributed by atoms with van der Waals surface area (Å²) in [6.07, 6.45) is 2.83. The number of Topliss-reactive ketones (excluding diaryl/α,β-unsaturated/α-hetero) is 4. The Bertz CT molecular complexity index is 1830. The van der Waals surface area contributed by atoms with E-state index in [0.717, 1.165) is 0 Å². The Hall–Kier alpha value is -4.60. The molecule has 0 spiro atoms. The minimum Gasteiger partial charge on any atom is -0.480 e. The van der Waals surface area contributed by atoms with Gasteiger partial charge in [-0.3, -0.25) is 28.8 Å². The van der Waals surface area contributed by atoms with Crippen molar-refractivity contribution in [2.24, 2.45) is 21.7 Å². The van der Waals surface area contributed by atoms with Crippen molar-refractivity contribution in [1.82, 2.24) is 9.80 Å². The summed E-state index contributed by atoms with van der Waals surface area (Å²) >= 11 is 0. The topological polar surface area (TPSA) is 149 Å². The normalized spacial score (nSPS) is 25.1. The molecule has 1 aromatic rings. The third-order valence-corrected chi connectivity index (χ3v) is 12.2. The Morgan fingerprint density at radius 3 is 1.02 bits per heavy atom. The van der Waals surface area contributed by atoms with E-state index in [2.05, 4.69) is 0 Å². The molecule has 2 N–H and O–H groups in total. The molecule has 7 rings (SSSR count). The second kappa shape index (κ2) is 12.5. The number of carbonyl (C=O) groups excluding carboxylic acids is 4. The van der Waals surface area contributed by atoms with Gasteiger partial charge in [0.15, 0.2) is 23.1 Å². The molecular formula is C44H52N2O8. The van der Waals surface area contributed by atoms with Crippen LogP contribution in [0, 0.1) is 21.7 Å². The van der Waals surface area contributed by atoms with Gasteiger partial charge in [0.1, 0.15) is 13.1 Å². The number of carboxylic acids is 2. The van der Waals surface area contributed by atoms with E-state index in [1.165, 1.54) is 0 Å². The van der Waals surface area contributed by atoms with Crippen molar-refractivity contribution in [2.45, 2.75) is 119 Å². The van der Waals surface area contributed by atoms with Crippen molar-refractivity contribution in [2.75, 3.05) is 13.1 Å². The predicted molar refractivity (Wildman–Crippen MR) is 201 cm³/mol. The Labute approximate surface area is 317 Å². The van der Waals surface area contributed by atoms with Gasteiger partial charge in [0.25, 0.3) is 0 Å². The molecule has 0 fully saturated rings. The zero-order valence-corrected chi connectivity index (χ0v) is 32.8. The SMILES string of the molecule is CC1(C)CC(=O)C2=C(C1)N(CC(=O)O)C1=C(C(=O)CC(C)(C)C1)C2c1cccc(C2C3=C(CC(C)(C)CC3=O)N(CC(=O)O)C3=C2C(=O)CC(C)(C)C3)c1. The molecule has 10 heteroatoms. The lowest BCUT2D eigenvalue weighted by Crippen LogP contribution is -2.46. The molecule has 4 aliphatic carbocycles. The average Bonchev–Trinajstić information content (AvgIpc) is 3.00. The van der Waals surface area contributed by atoms with Crippen LogP contribution in [0.2, 0.25) is 0 Å². The number of rotatable bonds is 6. The summed E-state index contributed by atoms with van der Waals surface area (Å²) in [6.45, 7) is 15.3. The number of carbonyl (C=O) groups is 6. The largest absolute Gasteiger partial charge is 0.480 e. The summed E-state index contributed by atoms with van der Waals surface area (Å²) in [5.74, 6) is -4.09. The molecule has 286 valence electrons. The van der Waals surface area contributed by atoms with Crippen LogP contribution in [0.4, 0.5) is 0 Å². The molecule has 54 heavy (non-hydrogen) atoms. The van der Waals surface area contributed by atoms with Crippen molar-refractivity contribution in [1.29, 1.82) is 0 Å². The molecule has 2 heterocycles. The molecule has 0 amide bonds. The van der Waals surface area contributed by atoms with Gasteiger partial charge in [-0.25, -0.2) is 0 Å². The lowest BCUT2D eigenvalue weighted by Gasteiger charge is -2.49. The van der Waals surface area contributed by atoms with E-state index in [4.69, 9.17) is 0 Å². The Kier molecular flexibility index (Phi) is 8.70.